The number of alkyl halides is 3. The molecule has 1 atom stereocenters. The lowest BCUT2D eigenvalue weighted by Gasteiger charge is -2.33. The molecule has 1 aliphatic rings. The first-order chi connectivity index (χ1) is 15.3. The molecule has 0 saturated carbocycles. The van der Waals surface area contributed by atoms with E-state index in [1.807, 2.05) is 24.0 Å². The van der Waals surface area contributed by atoms with Gasteiger partial charge >= 0.3 is 6.18 Å². The molecule has 7 heteroatoms. The number of rotatable bonds is 4. The number of piperidine rings is 1. The van der Waals surface area contributed by atoms with Crippen molar-refractivity contribution in [2.45, 2.75) is 38.3 Å². The SMILES string of the molecule is Cc1cc(Cc2cccc(C(F)(F)F)c2)cc([C@@H]2CCCN(C(=O)c3ccncc3)C2)n1. The molecule has 3 aromatic rings. The Morgan fingerprint density at radius 2 is 1.88 bits per heavy atom. The molecule has 0 radical (unpaired) electrons. The zero-order chi connectivity index (χ0) is 22.7. The number of halogens is 3. The maximum atomic E-state index is 13.1. The first-order valence-electron chi connectivity index (χ1n) is 10.6. The number of pyridine rings is 2. The van der Waals surface area contributed by atoms with Gasteiger partial charge in [0.05, 0.1) is 5.56 Å². The molecular formula is C25H24F3N3O. The lowest BCUT2D eigenvalue weighted by molar-refractivity contribution is -0.137. The van der Waals surface area contributed by atoms with Crippen LogP contribution in [0.4, 0.5) is 13.2 Å². The molecule has 3 heterocycles. The Bertz CT molecular complexity index is 1100. The molecule has 0 aliphatic carbocycles. The first-order valence-corrected chi connectivity index (χ1v) is 10.6. The number of carbonyl (C=O) groups excluding carboxylic acids is 1. The van der Waals surface area contributed by atoms with Crippen molar-refractivity contribution in [2.24, 2.45) is 0 Å². The summed E-state index contributed by atoms with van der Waals surface area (Å²) >= 11 is 0. The molecule has 1 aliphatic heterocycles. The van der Waals surface area contributed by atoms with Gasteiger partial charge in [-0.05, 0) is 67.6 Å². The summed E-state index contributed by atoms with van der Waals surface area (Å²) in [5.41, 5.74) is 3.21. The van der Waals surface area contributed by atoms with Crippen molar-refractivity contribution < 1.29 is 18.0 Å². The van der Waals surface area contributed by atoms with Gasteiger partial charge in [0.15, 0.2) is 0 Å². The molecule has 166 valence electrons. The highest BCUT2D eigenvalue weighted by Gasteiger charge is 2.30. The Labute approximate surface area is 185 Å². The second-order valence-corrected chi connectivity index (χ2v) is 8.24. The van der Waals surface area contributed by atoms with Crippen LogP contribution in [0, 0.1) is 6.92 Å². The molecule has 0 spiro atoms. The van der Waals surface area contributed by atoms with Gasteiger partial charge in [-0.3, -0.25) is 14.8 Å². The van der Waals surface area contributed by atoms with Crippen molar-refractivity contribution in [3.8, 4) is 0 Å². The molecule has 2 aromatic heterocycles. The molecular weight excluding hydrogens is 415 g/mol. The van der Waals surface area contributed by atoms with E-state index in [4.69, 9.17) is 4.98 Å². The van der Waals surface area contributed by atoms with Crippen LogP contribution in [0.15, 0.2) is 60.9 Å². The standard InChI is InChI=1S/C25H24F3N3O/c1-17-12-19(13-18-4-2-6-22(14-18)25(26,27)28)15-23(30-17)21-5-3-11-31(16-21)24(32)20-7-9-29-10-8-20/h2,4,6-10,12,14-15,21H,3,5,11,13,16H2,1H3/t21-/m1/s1. The fraction of sp³-hybridized carbons (Fsp3) is 0.320. The number of hydrogen-bond acceptors (Lipinski definition) is 3. The van der Waals surface area contributed by atoms with Gasteiger partial charge < -0.3 is 4.90 Å². The maximum Gasteiger partial charge on any atom is 0.416 e. The highest BCUT2D eigenvalue weighted by atomic mass is 19.4. The van der Waals surface area contributed by atoms with Gasteiger partial charge in [-0.1, -0.05) is 18.2 Å². The van der Waals surface area contributed by atoms with E-state index in [0.717, 1.165) is 35.9 Å². The van der Waals surface area contributed by atoms with E-state index in [-0.39, 0.29) is 11.8 Å². The molecule has 0 bridgehead atoms. The Morgan fingerprint density at radius 1 is 1.09 bits per heavy atom. The fourth-order valence-electron chi connectivity index (χ4n) is 4.25. The second-order valence-electron chi connectivity index (χ2n) is 8.24. The summed E-state index contributed by atoms with van der Waals surface area (Å²) in [4.78, 5) is 23.4. The summed E-state index contributed by atoms with van der Waals surface area (Å²) in [6.07, 6.45) is 1.04. The van der Waals surface area contributed by atoms with Crippen LogP contribution in [-0.2, 0) is 12.6 Å². The minimum atomic E-state index is -4.36. The van der Waals surface area contributed by atoms with Crippen LogP contribution in [0.5, 0.6) is 0 Å². The van der Waals surface area contributed by atoms with E-state index < -0.39 is 11.7 Å². The molecule has 1 saturated heterocycles. The summed E-state index contributed by atoms with van der Waals surface area (Å²) in [6, 6.07) is 12.7. The number of likely N-dealkylation sites (tertiary alicyclic amines) is 1. The first kappa shape index (κ1) is 22.0. The number of aromatic nitrogens is 2. The molecule has 1 aromatic carbocycles. The van der Waals surface area contributed by atoms with Gasteiger partial charge in [0.1, 0.15) is 0 Å². The largest absolute Gasteiger partial charge is 0.416 e. The highest BCUT2D eigenvalue weighted by molar-refractivity contribution is 5.94. The third-order valence-corrected chi connectivity index (χ3v) is 5.75. The minimum Gasteiger partial charge on any atom is -0.338 e. The number of nitrogens with zero attached hydrogens (tertiary/aromatic N) is 3. The van der Waals surface area contributed by atoms with E-state index >= 15 is 0 Å². The Balaban J connectivity index is 1.53. The van der Waals surface area contributed by atoms with Crippen LogP contribution in [0.1, 0.15) is 57.2 Å². The third-order valence-electron chi connectivity index (χ3n) is 5.75. The number of amides is 1. The average molecular weight is 439 g/mol. The lowest BCUT2D eigenvalue weighted by atomic mass is 9.92. The van der Waals surface area contributed by atoms with Gasteiger partial charge in [0.2, 0.25) is 0 Å². The molecule has 4 nitrogen and oxygen atoms in total. The quantitative estimate of drug-likeness (QED) is 0.546. The summed E-state index contributed by atoms with van der Waals surface area (Å²) in [7, 11) is 0. The summed E-state index contributed by atoms with van der Waals surface area (Å²) in [5, 5.41) is 0. The van der Waals surface area contributed by atoms with Crippen molar-refractivity contribution in [3.05, 3.63) is 94.6 Å². The van der Waals surface area contributed by atoms with Crippen molar-refractivity contribution in [1.82, 2.24) is 14.9 Å². The fourth-order valence-corrected chi connectivity index (χ4v) is 4.25. The third kappa shape index (κ3) is 5.15. The Morgan fingerprint density at radius 3 is 2.62 bits per heavy atom. The molecule has 32 heavy (non-hydrogen) atoms. The van der Waals surface area contributed by atoms with Gasteiger partial charge in [-0.15, -0.1) is 0 Å². The van der Waals surface area contributed by atoms with Crippen molar-refractivity contribution >= 4 is 5.91 Å². The zero-order valence-electron chi connectivity index (χ0n) is 17.8. The van der Waals surface area contributed by atoms with Crippen LogP contribution in [-0.4, -0.2) is 33.9 Å². The lowest BCUT2D eigenvalue weighted by Crippen LogP contribution is -2.39. The average Bonchev–Trinajstić information content (AvgIpc) is 2.78. The van der Waals surface area contributed by atoms with Crippen LogP contribution >= 0.6 is 0 Å². The van der Waals surface area contributed by atoms with Crippen molar-refractivity contribution in [3.63, 3.8) is 0 Å². The molecule has 4 rings (SSSR count). The topological polar surface area (TPSA) is 46.1 Å². The monoisotopic (exact) mass is 439 g/mol. The van der Waals surface area contributed by atoms with Crippen molar-refractivity contribution in [2.75, 3.05) is 13.1 Å². The van der Waals surface area contributed by atoms with E-state index in [2.05, 4.69) is 4.98 Å². The van der Waals surface area contributed by atoms with E-state index in [1.165, 1.54) is 12.1 Å². The summed E-state index contributed by atoms with van der Waals surface area (Å²) in [5.74, 6) is 0.0728. The predicted octanol–water partition coefficient (Wildman–Crippen LogP) is 5.41. The molecule has 1 fully saturated rings. The van der Waals surface area contributed by atoms with E-state index in [9.17, 15) is 18.0 Å². The number of hydrogen-bond donors (Lipinski definition) is 0. The number of carbonyl (C=O) groups is 1. The smallest absolute Gasteiger partial charge is 0.338 e. The Hall–Kier alpha value is -3.22. The normalized spacial score (nSPS) is 16.8. The second kappa shape index (κ2) is 9.10. The predicted molar refractivity (Wildman–Crippen MR) is 115 cm³/mol. The molecule has 0 N–H and O–H groups in total. The minimum absolute atomic E-state index is 0.0195. The molecule has 1 amide bonds. The van der Waals surface area contributed by atoms with Crippen LogP contribution in [0.3, 0.4) is 0 Å². The van der Waals surface area contributed by atoms with Crippen LogP contribution in [0.25, 0.3) is 0 Å². The number of aryl methyl sites for hydroxylation is 1. The maximum absolute atomic E-state index is 13.1. The van der Waals surface area contributed by atoms with Gasteiger partial charge in [0.25, 0.3) is 5.91 Å². The Kier molecular flexibility index (Phi) is 6.26. The van der Waals surface area contributed by atoms with Crippen LogP contribution in [0.2, 0.25) is 0 Å². The van der Waals surface area contributed by atoms with Crippen LogP contribution < -0.4 is 0 Å². The van der Waals surface area contributed by atoms with Gasteiger partial charge in [0, 0.05) is 48.4 Å². The summed E-state index contributed by atoms with van der Waals surface area (Å²) < 4.78 is 39.2. The number of benzene rings is 1. The van der Waals surface area contributed by atoms with Gasteiger partial charge in [-0.2, -0.15) is 13.2 Å². The zero-order valence-corrected chi connectivity index (χ0v) is 17.8. The van der Waals surface area contributed by atoms with Crippen molar-refractivity contribution in [1.29, 1.82) is 0 Å². The van der Waals surface area contributed by atoms with Gasteiger partial charge in [-0.25, -0.2) is 0 Å². The summed E-state index contributed by atoms with van der Waals surface area (Å²) in [6.45, 7) is 3.16. The molecule has 0 unspecified atom stereocenters. The van der Waals surface area contributed by atoms with E-state index in [0.29, 0.717) is 30.6 Å². The van der Waals surface area contributed by atoms with E-state index in [1.54, 1.807) is 30.6 Å². The highest BCUT2D eigenvalue weighted by Crippen LogP contribution is 2.31.